The third-order valence-corrected chi connectivity index (χ3v) is 7.21. The van der Waals surface area contributed by atoms with Crippen molar-refractivity contribution in [3.8, 4) is 5.75 Å². The van der Waals surface area contributed by atoms with E-state index in [-0.39, 0.29) is 0 Å². The van der Waals surface area contributed by atoms with Gasteiger partial charge in [0, 0.05) is 50.1 Å². The van der Waals surface area contributed by atoms with Crippen LogP contribution in [0.1, 0.15) is 12.5 Å². The lowest BCUT2D eigenvalue weighted by Gasteiger charge is -2.32. The lowest BCUT2D eigenvalue weighted by molar-refractivity contribution is 0.357. The average Bonchev–Trinajstić information content (AvgIpc) is 3.32. The number of nitrogens with one attached hydrogen (secondary N) is 1. The van der Waals surface area contributed by atoms with Crippen molar-refractivity contribution in [1.82, 2.24) is 14.3 Å². The van der Waals surface area contributed by atoms with Crippen LogP contribution in [0.2, 0.25) is 0 Å². The summed E-state index contributed by atoms with van der Waals surface area (Å²) in [6.45, 7) is 5.12. The topological polar surface area (TPSA) is 76.5 Å². The molecule has 4 heterocycles. The van der Waals surface area contributed by atoms with Crippen LogP contribution >= 0.6 is 0 Å². The molecule has 1 fully saturated rings. The van der Waals surface area contributed by atoms with Gasteiger partial charge in [-0.3, -0.25) is 4.98 Å². The zero-order valence-corrected chi connectivity index (χ0v) is 16.4. The number of nitrogens with zero attached hydrogens (tertiary/aromatic N) is 3. The first kappa shape index (κ1) is 17.5. The molecule has 2 aromatic heterocycles. The van der Waals surface area contributed by atoms with Crippen LogP contribution in [0.3, 0.4) is 0 Å². The predicted molar refractivity (Wildman–Crippen MR) is 108 cm³/mol. The maximum atomic E-state index is 13.6. The number of benzene rings is 1. The van der Waals surface area contributed by atoms with Crippen LogP contribution in [-0.4, -0.2) is 49.7 Å². The molecular formula is C20H22N4O3S. The van der Waals surface area contributed by atoms with Crippen LogP contribution in [0.15, 0.2) is 47.6 Å². The first-order valence-electron chi connectivity index (χ1n) is 9.50. The van der Waals surface area contributed by atoms with Crippen LogP contribution in [-0.2, 0) is 16.4 Å². The van der Waals surface area contributed by atoms with Crippen molar-refractivity contribution in [2.45, 2.75) is 24.3 Å². The molecule has 0 bridgehead atoms. The Morgan fingerprint density at radius 1 is 1.25 bits per heavy atom. The lowest BCUT2D eigenvalue weighted by atomic mass is 10.2. The largest absolute Gasteiger partial charge is 0.493 e. The molecule has 146 valence electrons. The van der Waals surface area contributed by atoms with Gasteiger partial charge in [0.05, 0.1) is 22.7 Å². The van der Waals surface area contributed by atoms with Gasteiger partial charge in [-0.1, -0.05) is 6.07 Å². The average molecular weight is 398 g/mol. The summed E-state index contributed by atoms with van der Waals surface area (Å²) in [6, 6.07) is 9.15. The number of aromatic nitrogens is 2. The Bertz CT molecular complexity index is 1160. The lowest BCUT2D eigenvalue weighted by Crippen LogP contribution is -2.49. The molecule has 8 heteroatoms. The molecule has 1 saturated heterocycles. The van der Waals surface area contributed by atoms with Gasteiger partial charge in [-0.05, 0) is 31.2 Å². The van der Waals surface area contributed by atoms with Crippen molar-refractivity contribution < 1.29 is 13.2 Å². The molecule has 2 aliphatic heterocycles. The van der Waals surface area contributed by atoms with Gasteiger partial charge in [-0.25, -0.2) is 12.4 Å². The monoisotopic (exact) mass is 398 g/mol. The predicted octanol–water partition coefficient (Wildman–Crippen LogP) is 2.01. The van der Waals surface area contributed by atoms with Gasteiger partial charge in [0.25, 0.3) is 10.0 Å². The molecule has 28 heavy (non-hydrogen) atoms. The fourth-order valence-corrected chi connectivity index (χ4v) is 5.75. The van der Waals surface area contributed by atoms with E-state index in [1.807, 2.05) is 12.1 Å². The van der Waals surface area contributed by atoms with Gasteiger partial charge in [0.2, 0.25) is 0 Å². The van der Waals surface area contributed by atoms with E-state index in [1.54, 1.807) is 30.6 Å². The maximum absolute atomic E-state index is 13.6. The molecule has 1 atom stereocenters. The smallest absolute Gasteiger partial charge is 0.268 e. The molecule has 0 unspecified atom stereocenters. The number of anilines is 1. The molecule has 3 aromatic rings. The van der Waals surface area contributed by atoms with Crippen molar-refractivity contribution in [3.05, 3.63) is 48.3 Å². The Morgan fingerprint density at radius 3 is 3.00 bits per heavy atom. The van der Waals surface area contributed by atoms with Crippen LogP contribution in [0.5, 0.6) is 5.75 Å². The van der Waals surface area contributed by atoms with Gasteiger partial charge in [-0.15, -0.1) is 0 Å². The number of pyridine rings is 1. The number of fused-ring (bicyclic) bond motifs is 2. The summed E-state index contributed by atoms with van der Waals surface area (Å²) in [5, 5.41) is 3.42. The van der Waals surface area contributed by atoms with Crippen LogP contribution in [0, 0.1) is 0 Å². The molecule has 0 saturated carbocycles. The summed E-state index contributed by atoms with van der Waals surface area (Å²) < 4.78 is 34.2. The fourth-order valence-electron chi connectivity index (χ4n) is 4.13. The third-order valence-electron chi connectivity index (χ3n) is 5.45. The normalized spacial score (nSPS) is 19.6. The Balaban J connectivity index is 1.69. The van der Waals surface area contributed by atoms with Gasteiger partial charge in [0.1, 0.15) is 11.3 Å². The van der Waals surface area contributed by atoms with Crippen molar-refractivity contribution in [2.75, 3.05) is 31.1 Å². The Kier molecular flexibility index (Phi) is 4.06. The van der Waals surface area contributed by atoms with Gasteiger partial charge in [-0.2, -0.15) is 0 Å². The van der Waals surface area contributed by atoms with Gasteiger partial charge in [0.15, 0.2) is 0 Å². The SMILES string of the molecule is C[C@H]1CN(c2cn(S(=O)(=O)c3cccc4c3CCO4)c3cccnc23)CCN1. The molecule has 7 nitrogen and oxygen atoms in total. The minimum atomic E-state index is -3.77. The van der Waals surface area contributed by atoms with Crippen LogP contribution < -0.4 is 15.0 Å². The van der Waals surface area contributed by atoms with Crippen molar-refractivity contribution in [3.63, 3.8) is 0 Å². The Morgan fingerprint density at radius 2 is 2.14 bits per heavy atom. The maximum Gasteiger partial charge on any atom is 0.268 e. The molecule has 0 spiro atoms. The van der Waals surface area contributed by atoms with Crippen molar-refractivity contribution in [2.24, 2.45) is 0 Å². The quantitative estimate of drug-likeness (QED) is 0.727. The molecule has 0 radical (unpaired) electrons. The van der Waals surface area contributed by atoms with E-state index in [9.17, 15) is 8.42 Å². The highest BCUT2D eigenvalue weighted by Crippen LogP contribution is 2.35. The summed E-state index contributed by atoms with van der Waals surface area (Å²) in [6.07, 6.45) is 4.03. The van der Waals surface area contributed by atoms with Crippen molar-refractivity contribution >= 4 is 26.7 Å². The van der Waals surface area contributed by atoms with E-state index in [1.165, 1.54) is 3.97 Å². The second-order valence-electron chi connectivity index (χ2n) is 7.32. The minimum Gasteiger partial charge on any atom is -0.493 e. The van der Waals surface area contributed by atoms with E-state index in [4.69, 9.17) is 4.74 Å². The zero-order chi connectivity index (χ0) is 19.3. The minimum absolute atomic E-state index is 0.309. The second kappa shape index (κ2) is 6.49. The van der Waals surface area contributed by atoms with Crippen LogP contribution in [0.25, 0.3) is 11.0 Å². The van der Waals surface area contributed by atoms with E-state index in [0.717, 1.165) is 30.9 Å². The van der Waals surface area contributed by atoms with E-state index >= 15 is 0 Å². The zero-order valence-electron chi connectivity index (χ0n) is 15.6. The van der Waals surface area contributed by atoms with Crippen molar-refractivity contribution in [1.29, 1.82) is 0 Å². The highest BCUT2D eigenvalue weighted by Gasteiger charge is 2.29. The number of hydrogen-bond acceptors (Lipinski definition) is 6. The van der Waals surface area contributed by atoms with Gasteiger partial charge >= 0.3 is 0 Å². The molecular weight excluding hydrogens is 376 g/mol. The Hall–Kier alpha value is -2.58. The summed E-state index contributed by atoms with van der Waals surface area (Å²) in [5.41, 5.74) is 2.92. The molecule has 0 aliphatic carbocycles. The Labute approximate surface area is 164 Å². The van der Waals surface area contributed by atoms with E-state index in [0.29, 0.717) is 40.7 Å². The van der Waals surface area contributed by atoms with E-state index < -0.39 is 10.0 Å². The van der Waals surface area contributed by atoms with E-state index in [2.05, 4.69) is 22.1 Å². The highest BCUT2D eigenvalue weighted by atomic mass is 32.2. The first-order chi connectivity index (χ1) is 13.6. The number of piperazine rings is 1. The molecule has 0 amide bonds. The third kappa shape index (κ3) is 2.67. The molecule has 2 aliphatic rings. The number of rotatable bonds is 3. The van der Waals surface area contributed by atoms with Gasteiger partial charge < -0.3 is 15.0 Å². The standard InChI is InChI=1S/C20H22N4O3S/c1-14-12-23(10-9-21-14)17-13-24(16-4-3-8-22-20(16)17)28(25,26)19-6-2-5-18-15(19)7-11-27-18/h2-6,8,13-14,21H,7,9-12H2,1H3/t14-/m0/s1. The fraction of sp³-hybridized carbons (Fsp3) is 0.350. The summed E-state index contributed by atoms with van der Waals surface area (Å²) in [7, 11) is -3.77. The number of ether oxygens (including phenoxy) is 1. The first-order valence-corrected chi connectivity index (χ1v) is 10.9. The number of hydrogen-bond donors (Lipinski definition) is 1. The summed E-state index contributed by atoms with van der Waals surface area (Å²) >= 11 is 0. The van der Waals surface area contributed by atoms with Crippen LogP contribution in [0.4, 0.5) is 5.69 Å². The molecule has 1 N–H and O–H groups in total. The second-order valence-corrected chi connectivity index (χ2v) is 9.10. The summed E-state index contributed by atoms with van der Waals surface area (Å²) in [4.78, 5) is 7.03. The highest BCUT2D eigenvalue weighted by molar-refractivity contribution is 7.90. The molecule has 5 rings (SSSR count). The summed E-state index contributed by atoms with van der Waals surface area (Å²) in [5.74, 6) is 0.659. The molecule has 1 aromatic carbocycles.